The molecule has 2 N–H and O–H groups in total. The topological polar surface area (TPSA) is 77.0 Å². The van der Waals surface area contributed by atoms with Gasteiger partial charge in [0.1, 0.15) is 0 Å². The van der Waals surface area contributed by atoms with Crippen LogP contribution in [0.5, 0.6) is 0 Å². The fourth-order valence-electron chi connectivity index (χ4n) is 2.33. The molecule has 1 aliphatic rings. The summed E-state index contributed by atoms with van der Waals surface area (Å²) in [4.78, 5) is 8.85. The number of rotatable bonds is 5. The number of sulfonamides is 1. The Hall–Kier alpha value is -1.32. The van der Waals surface area contributed by atoms with E-state index in [1.165, 1.54) is 5.00 Å². The average molecular weight is 345 g/mol. The molecule has 1 aromatic heterocycles. The lowest BCUT2D eigenvalue weighted by atomic mass is 10.3. The number of aliphatic imine (C=N–C) groups is 1. The highest BCUT2D eigenvalue weighted by Gasteiger charge is 2.20. The van der Waals surface area contributed by atoms with E-state index >= 15 is 0 Å². The third kappa shape index (κ3) is 5.15. The van der Waals surface area contributed by atoms with Gasteiger partial charge < -0.3 is 15.1 Å². The van der Waals surface area contributed by atoms with Gasteiger partial charge in [-0.3, -0.25) is 4.99 Å². The molecule has 1 aliphatic heterocycles. The molecule has 9 heteroatoms. The van der Waals surface area contributed by atoms with Crippen molar-refractivity contribution in [1.29, 1.82) is 0 Å². The van der Waals surface area contributed by atoms with Crippen molar-refractivity contribution < 1.29 is 8.42 Å². The maximum atomic E-state index is 11.0. The molecule has 0 unspecified atom stereocenters. The molecule has 0 bridgehead atoms. The molecule has 7 nitrogen and oxygen atoms in total. The Kier molecular flexibility index (Phi) is 6.04. The summed E-state index contributed by atoms with van der Waals surface area (Å²) >= 11 is 1.76. The molecule has 1 saturated heterocycles. The Morgan fingerprint density at radius 3 is 2.59 bits per heavy atom. The van der Waals surface area contributed by atoms with Crippen molar-refractivity contribution in [2.24, 2.45) is 4.99 Å². The van der Waals surface area contributed by atoms with Gasteiger partial charge in [-0.1, -0.05) is 0 Å². The number of nitrogens with one attached hydrogen (secondary N) is 2. The predicted molar refractivity (Wildman–Crippen MR) is 92.3 cm³/mol. The lowest BCUT2D eigenvalue weighted by molar-refractivity contribution is 0.374. The molecule has 0 radical (unpaired) electrons. The summed E-state index contributed by atoms with van der Waals surface area (Å²) in [5.41, 5.74) is 0. The van der Waals surface area contributed by atoms with Gasteiger partial charge >= 0.3 is 0 Å². The van der Waals surface area contributed by atoms with Crippen LogP contribution in [-0.4, -0.2) is 71.8 Å². The van der Waals surface area contributed by atoms with Gasteiger partial charge in [0, 0.05) is 46.3 Å². The van der Waals surface area contributed by atoms with Gasteiger partial charge in [0.05, 0.1) is 11.3 Å². The molecule has 2 heterocycles. The summed E-state index contributed by atoms with van der Waals surface area (Å²) in [5, 5.41) is 6.59. The first kappa shape index (κ1) is 17.0. The second-order valence-corrected chi connectivity index (χ2v) is 7.83. The highest BCUT2D eigenvalue weighted by Crippen LogP contribution is 2.22. The van der Waals surface area contributed by atoms with Crippen LogP contribution in [-0.2, 0) is 10.0 Å². The van der Waals surface area contributed by atoms with Crippen molar-refractivity contribution in [1.82, 2.24) is 14.9 Å². The number of anilines is 1. The molecule has 2 rings (SSSR count). The summed E-state index contributed by atoms with van der Waals surface area (Å²) in [6, 6.07) is 4.21. The predicted octanol–water partition coefficient (Wildman–Crippen LogP) is -0.00530. The SMILES string of the molecule is CN=C(NCCNS(C)(=O)=O)N1CCN(c2cccs2)CC1. The van der Waals surface area contributed by atoms with Crippen LogP contribution < -0.4 is 14.9 Å². The lowest BCUT2D eigenvalue weighted by Crippen LogP contribution is -2.53. The van der Waals surface area contributed by atoms with Crippen LogP contribution in [0.3, 0.4) is 0 Å². The zero-order chi connectivity index (χ0) is 16.0. The van der Waals surface area contributed by atoms with Crippen molar-refractivity contribution >= 4 is 32.3 Å². The number of guanidine groups is 1. The highest BCUT2D eigenvalue weighted by molar-refractivity contribution is 7.88. The molecule has 0 amide bonds. The van der Waals surface area contributed by atoms with Gasteiger partial charge in [-0.2, -0.15) is 0 Å². The van der Waals surface area contributed by atoms with Crippen molar-refractivity contribution in [3.63, 3.8) is 0 Å². The van der Waals surface area contributed by atoms with Gasteiger partial charge in [0.25, 0.3) is 0 Å². The van der Waals surface area contributed by atoms with E-state index in [4.69, 9.17) is 0 Å². The normalized spacial score (nSPS) is 16.9. The lowest BCUT2D eigenvalue weighted by Gasteiger charge is -2.37. The zero-order valence-corrected chi connectivity index (χ0v) is 14.6. The molecule has 22 heavy (non-hydrogen) atoms. The van der Waals surface area contributed by atoms with Crippen molar-refractivity contribution in [2.45, 2.75) is 0 Å². The third-order valence-electron chi connectivity index (χ3n) is 3.38. The van der Waals surface area contributed by atoms with Gasteiger partial charge in [-0.05, 0) is 17.5 Å². The van der Waals surface area contributed by atoms with Crippen molar-refractivity contribution in [3.05, 3.63) is 17.5 Å². The second-order valence-electron chi connectivity index (χ2n) is 5.07. The Labute approximate surface area is 136 Å². The largest absolute Gasteiger partial charge is 0.360 e. The Morgan fingerprint density at radius 1 is 1.32 bits per heavy atom. The van der Waals surface area contributed by atoms with E-state index in [1.807, 2.05) is 0 Å². The van der Waals surface area contributed by atoms with Crippen LogP contribution in [0.25, 0.3) is 0 Å². The van der Waals surface area contributed by atoms with Gasteiger partial charge in [0.2, 0.25) is 10.0 Å². The number of thiophene rings is 1. The monoisotopic (exact) mass is 345 g/mol. The number of hydrogen-bond acceptors (Lipinski definition) is 5. The summed E-state index contributed by atoms with van der Waals surface area (Å²) in [6.07, 6.45) is 1.16. The van der Waals surface area contributed by atoms with E-state index in [0.29, 0.717) is 13.1 Å². The first-order valence-corrected chi connectivity index (χ1v) is 9.95. The number of nitrogens with zero attached hydrogens (tertiary/aromatic N) is 3. The molecule has 0 atom stereocenters. The summed E-state index contributed by atoms with van der Waals surface area (Å²) < 4.78 is 24.5. The van der Waals surface area contributed by atoms with Crippen LogP contribution in [0.4, 0.5) is 5.00 Å². The smallest absolute Gasteiger partial charge is 0.208 e. The fraction of sp³-hybridized carbons (Fsp3) is 0.615. The van der Waals surface area contributed by atoms with E-state index in [1.54, 1.807) is 18.4 Å². The minimum atomic E-state index is -3.14. The minimum Gasteiger partial charge on any atom is -0.360 e. The Bertz CT molecular complexity index is 578. The molecular formula is C13H23N5O2S2. The molecule has 1 fully saturated rings. The van der Waals surface area contributed by atoms with Gasteiger partial charge in [-0.15, -0.1) is 11.3 Å². The standard InChI is InChI=1S/C13H23N5O2S2/c1-14-13(15-5-6-16-22(2,19)20)18-9-7-17(8-10-18)12-4-3-11-21-12/h3-4,11,16H,5-10H2,1-2H3,(H,14,15). The van der Waals surface area contributed by atoms with Crippen LogP contribution in [0.2, 0.25) is 0 Å². The van der Waals surface area contributed by atoms with Crippen LogP contribution in [0.1, 0.15) is 0 Å². The zero-order valence-electron chi connectivity index (χ0n) is 12.9. The van der Waals surface area contributed by atoms with E-state index in [-0.39, 0.29) is 0 Å². The van der Waals surface area contributed by atoms with Crippen LogP contribution in [0.15, 0.2) is 22.5 Å². The van der Waals surface area contributed by atoms with Crippen molar-refractivity contribution in [2.75, 3.05) is 57.5 Å². The highest BCUT2D eigenvalue weighted by atomic mass is 32.2. The molecule has 124 valence electrons. The van der Waals surface area contributed by atoms with Gasteiger partial charge in [0.15, 0.2) is 5.96 Å². The Morgan fingerprint density at radius 2 is 2.05 bits per heavy atom. The van der Waals surface area contributed by atoms with Crippen LogP contribution in [0, 0.1) is 0 Å². The van der Waals surface area contributed by atoms with E-state index in [9.17, 15) is 8.42 Å². The average Bonchev–Trinajstić information content (AvgIpc) is 3.01. The summed E-state index contributed by atoms with van der Waals surface area (Å²) in [7, 11) is -1.39. The molecule has 0 spiro atoms. The first-order chi connectivity index (χ1) is 10.5. The molecule has 0 aromatic carbocycles. The summed E-state index contributed by atoms with van der Waals surface area (Å²) in [5.74, 6) is 0.820. The van der Waals surface area contributed by atoms with Crippen molar-refractivity contribution in [3.8, 4) is 0 Å². The minimum absolute atomic E-state index is 0.354. The molecular weight excluding hydrogens is 322 g/mol. The van der Waals surface area contributed by atoms with E-state index in [0.717, 1.165) is 38.4 Å². The maximum Gasteiger partial charge on any atom is 0.208 e. The van der Waals surface area contributed by atoms with E-state index in [2.05, 4.69) is 42.3 Å². The molecule has 0 saturated carbocycles. The molecule has 0 aliphatic carbocycles. The quantitative estimate of drug-likeness (QED) is 0.446. The number of hydrogen-bond donors (Lipinski definition) is 2. The fourth-order valence-corrected chi connectivity index (χ4v) is 3.59. The van der Waals surface area contributed by atoms with E-state index < -0.39 is 10.0 Å². The first-order valence-electron chi connectivity index (χ1n) is 7.18. The Balaban J connectivity index is 1.76. The maximum absolute atomic E-state index is 11.0. The van der Waals surface area contributed by atoms with Crippen LogP contribution >= 0.6 is 11.3 Å². The third-order valence-corrected chi connectivity index (χ3v) is 5.04. The summed E-state index contributed by atoms with van der Waals surface area (Å²) in [6.45, 7) is 4.59. The van der Waals surface area contributed by atoms with Gasteiger partial charge in [-0.25, -0.2) is 13.1 Å². The second kappa shape index (κ2) is 7.80. The molecule has 1 aromatic rings. The number of piperazine rings is 1.